The molecule has 2 aliphatic rings. The highest BCUT2D eigenvalue weighted by Crippen LogP contribution is 2.30. The Labute approximate surface area is 168 Å². The molecular formula is C17H31N5O4S2. The van der Waals surface area contributed by atoms with Gasteiger partial charge in [0.05, 0.1) is 17.5 Å². The van der Waals surface area contributed by atoms with Crippen molar-refractivity contribution in [3.8, 4) is 0 Å². The Morgan fingerprint density at radius 1 is 1.00 bits per heavy atom. The fourth-order valence-electron chi connectivity index (χ4n) is 3.82. The Kier molecular flexibility index (Phi) is 6.48. The molecule has 1 aromatic rings. The van der Waals surface area contributed by atoms with E-state index < -0.39 is 25.3 Å². The second-order valence-corrected chi connectivity index (χ2v) is 12.5. The number of sulfonamides is 2. The van der Waals surface area contributed by atoms with Crippen molar-refractivity contribution in [1.82, 2.24) is 23.4 Å². The molecule has 0 amide bonds. The quantitative estimate of drug-likeness (QED) is 0.638. The molecule has 0 N–H and O–H groups in total. The van der Waals surface area contributed by atoms with Crippen molar-refractivity contribution in [2.45, 2.75) is 70.7 Å². The van der Waals surface area contributed by atoms with E-state index in [0.29, 0.717) is 51.3 Å². The molecule has 160 valence electrons. The molecule has 2 aliphatic heterocycles. The summed E-state index contributed by atoms with van der Waals surface area (Å²) in [5, 5.41) is 8.18. The van der Waals surface area contributed by atoms with Crippen LogP contribution < -0.4 is 0 Å². The lowest BCUT2D eigenvalue weighted by atomic mass is 9.97. The third kappa shape index (κ3) is 4.27. The second kappa shape index (κ2) is 8.37. The van der Waals surface area contributed by atoms with Crippen molar-refractivity contribution in [2.24, 2.45) is 0 Å². The van der Waals surface area contributed by atoms with Crippen LogP contribution in [0.3, 0.4) is 0 Å². The third-order valence-corrected chi connectivity index (χ3v) is 9.85. The van der Waals surface area contributed by atoms with E-state index in [4.69, 9.17) is 0 Å². The van der Waals surface area contributed by atoms with E-state index in [1.165, 1.54) is 4.31 Å². The van der Waals surface area contributed by atoms with Crippen molar-refractivity contribution in [3.05, 3.63) is 11.6 Å². The van der Waals surface area contributed by atoms with Gasteiger partial charge >= 0.3 is 0 Å². The molecule has 28 heavy (non-hydrogen) atoms. The predicted octanol–water partition coefficient (Wildman–Crippen LogP) is 1.14. The summed E-state index contributed by atoms with van der Waals surface area (Å²) in [5.41, 5.74) is 0. The van der Waals surface area contributed by atoms with Crippen LogP contribution in [0.5, 0.6) is 0 Å². The van der Waals surface area contributed by atoms with Crippen LogP contribution in [0.25, 0.3) is 0 Å². The molecule has 11 heteroatoms. The average Bonchev–Trinajstić information content (AvgIpc) is 3.09. The molecule has 0 aliphatic carbocycles. The molecule has 0 radical (unpaired) electrons. The van der Waals surface area contributed by atoms with Gasteiger partial charge < -0.3 is 4.57 Å². The van der Waals surface area contributed by atoms with E-state index in [-0.39, 0.29) is 18.2 Å². The number of hydrogen-bond acceptors (Lipinski definition) is 6. The molecule has 1 aromatic heterocycles. The molecule has 0 spiro atoms. The van der Waals surface area contributed by atoms with Gasteiger partial charge in [0.25, 0.3) is 0 Å². The lowest BCUT2D eigenvalue weighted by Crippen LogP contribution is -2.42. The summed E-state index contributed by atoms with van der Waals surface area (Å²) < 4.78 is 54.7. The number of fused-ring (bicyclic) bond motifs is 1. The standard InChI is InChI=1S/C17H31N5O4S2/c1-4-5-12-27(23,24)21-10-11-22-16(13-21)18-19-17(22)15-6-8-20(9-7-15)28(25,26)14(2)3/h14-15H,4-13H2,1-3H3. The molecule has 0 atom stereocenters. The minimum absolute atomic E-state index is 0.156. The molecule has 0 bridgehead atoms. The number of aromatic nitrogens is 3. The highest BCUT2D eigenvalue weighted by molar-refractivity contribution is 7.89. The number of hydrogen-bond donors (Lipinski definition) is 0. The highest BCUT2D eigenvalue weighted by Gasteiger charge is 2.35. The largest absolute Gasteiger partial charge is 0.312 e. The Hall–Kier alpha value is -1.04. The number of unbranched alkanes of at least 4 members (excludes halogenated alkanes) is 1. The van der Waals surface area contributed by atoms with Gasteiger partial charge in [-0.3, -0.25) is 0 Å². The Morgan fingerprint density at radius 3 is 2.29 bits per heavy atom. The fourth-order valence-corrected chi connectivity index (χ4v) is 6.72. The summed E-state index contributed by atoms with van der Waals surface area (Å²) >= 11 is 0. The van der Waals surface area contributed by atoms with Gasteiger partial charge in [0.1, 0.15) is 11.6 Å². The monoisotopic (exact) mass is 433 g/mol. The SMILES string of the molecule is CCCCS(=O)(=O)N1CCn2c(nnc2C2CCN(S(=O)(=O)C(C)C)CC2)C1. The minimum Gasteiger partial charge on any atom is -0.312 e. The van der Waals surface area contributed by atoms with Gasteiger partial charge in [0, 0.05) is 32.1 Å². The molecule has 1 saturated heterocycles. The van der Waals surface area contributed by atoms with E-state index in [2.05, 4.69) is 10.2 Å². The maximum absolute atomic E-state index is 12.5. The molecule has 0 unspecified atom stereocenters. The summed E-state index contributed by atoms with van der Waals surface area (Å²) in [6.07, 6.45) is 2.93. The van der Waals surface area contributed by atoms with Crippen LogP contribution >= 0.6 is 0 Å². The molecule has 9 nitrogen and oxygen atoms in total. The van der Waals surface area contributed by atoms with E-state index in [9.17, 15) is 16.8 Å². The normalized spacial score (nSPS) is 20.6. The third-order valence-electron chi connectivity index (χ3n) is 5.67. The molecule has 1 fully saturated rings. The fraction of sp³-hybridized carbons (Fsp3) is 0.882. The van der Waals surface area contributed by atoms with Gasteiger partial charge in [0.15, 0.2) is 0 Å². The molecule has 3 heterocycles. The lowest BCUT2D eigenvalue weighted by molar-refractivity contribution is 0.294. The first-order chi connectivity index (χ1) is 13.2. The first-order valence-electron chi connectivity index (χ1n) is 10.1. The van der Waals surface area contributed by atoms with Gasteiger partial charge in [-0.15, -0.1) is 10.2 Å². The highest BCUT2D eigenvalue weighted by atomic mass is 32.2. The summed E-state index contributed by atoms with van der Waals surface area (Å²) in [5.74, 6) is 1.87. The average molecular weight is 434 g/mol. The zero-order valence-electron chi connectivity index (χ0n) is 16.9. The molecular weight excluding hydrogens is 402 g/mol. The van der Waals surface area contributed by atoms with Crippen molar-refractivity contribution < 1.29 is 16.8 Å². The summed E-state index contributed by atoms with van der Waals surface area (Å²) in [6, 6.07) is 0. The molecule has 3 rings (SSSR count). The van der Waals surface area contributed by atoms with Crippen LogP contribution in [0.15, 0.2) is 0 Å². The first kappa shape index (κ1) is 21.7. The van der Waals surface area contributed by atoms with Crippen LogP contribution in [0.2, 0.25) is 0 Å². The summed E-state index contributed by atoms with van der Waals surface area (Å²) in [6.45, 7) is 7.62. The van der Waals surface area contributed by atoms with E-state index in [1.54, 1.807) is 18.2 Å². The van der Waals surface area contributed by atoms with Crippen LogP contribution in [-0.4, -0.2) is 70.8 Å². The van der Waals surface area contributed by atoms with Gasteiger partial charge in [-0.05, 0) is 33.1 Å². The number of nitrogens with zero attached hydrogens (tertiary/aromatic N) is 5. The summed E-state index contributed by atoms with van der Waals surface area (Å²) in [7, 11) is -6.48. The van der Waals surface area contributed by atoms with Gasteiger partial charge in [-0.1, -0.05) is 13.3 Å². The summed E-state index contributed by atoms with van der Waals surface area (Å²) in [4.78, 5) is 0. The Morgan fingerprint density at radius 2 is 1.68 bits per heavy atom. The minimum atomic E-state index is -3.26. The van der Waals surface area contributed by atoms with Crippen molar-refractivity contribution in [1.29, 1.82) is 0 Å². The van der Waals surface area contributed by atoms with Crippen LogP contribution in [0.1, 0.15) is 64.0 Å². The number of rotatable bonds is 7. The zero-order valence-corrected chi connectivity index (χ0v) is 18.5. The van der Waals surface area contributed by atoms with Crippen molar-refractivity contribution in [3.63, 3.8) is 0 Å². The second-order valence-electron chi connectivity index (χ2n) is 7.90. The smallest absolute Gasteiger partial charge is 0.216 e. The van der Waals surface area contributed by atoms with Crippen LogP contribution in [0.4, 0.5) is 0 Å². The molecule has 0 aromatic carbocycles. The van der Waals surface area contributed by atoms with Crippen molar-refractivity contribution >= 4 is 20.0 Å². The van der Waals surface area contributed by atoms with E-state index in [0.717, 1.165) is 12.2 Å². The Bertz CT molecular complexity index is 887. The van der Waals surface area contributed by atoms with Gasteiger partial charge in [-0.25, -0.2) is 21.1 Å². The first-order valence-corrected chi connectivity index (χ1v) is 13.2. The van der Waals surface area contributed by atoms with E-state index >= 15 is 0 Å². The van der Waals surface area contributed by atoms with Gasteiger partial charge in [0.2, 0.25) is 20.0 Å². The zero-order chi connectivity index (χ0) is 20.5. The van der Waals surface area contributed by atoms with Crippen LogP contribution in [0, 0.1) is 0 Å². The molecule has 0 saturated carbocycles. The lowest BCUT2D eigenvalue weighted by Gasteiger charge is -2.33. The maximum atomic E-state index is 12.5. The van der Waals surface area contributed by atoms with E-state index in [1.807, 2.05) is 11.5 Å². The Balaban J connectivity index is 1.67. The maximum Gasteiger partial charge on any atom is 0.216 e. The van der Waals surface area contributed by atoms with Crippen molar-refractivity contribution in [2.75, 3.05) is 25.4 Å². The number of piperidine rings is 1. The topological polar surface area (TPSA) is 105 Å². The van der Waals surface area contributed by atoms with Crippen LogP contribution in [-0.2, 0) is 33.1 Å². The van der Waals surface area contributed by atoms with Gasteiger partial charge in [-0.2, -0.15) is 4.31 Å². The predicted molar refractivity (Wildman–Crippen MR) is 107 cm³/mol.